The molecule has 0 spiro atoms. The molecule has 0 fully saturated rings. The molecule has 96 valence electrons. The summed E-state index contributed by atoms with van der Waals surface area (Å²) in [5.41, 5.74) is 2.14. The maximum atomic E-state index is 14.1. The van der Waals surface area contributed by atoms with Gasteiger partial charge in [-0.1, -0.05) is 31.9 Å². The molecule has 1 N–H and O–H groups in total. The molecule has 3 aromatic rings. The number of hydrogen-bond acceptors (Lipinski definition) is 1. The van der Waals surface area contributed by atoms with Gasteiger partial charge in [-0.3, -0.25) is 4.57 Å². The van der Waals surface area contributed by atoms with Crippen molar-refractivity contribution >= 4 is 55.1 Å². The number of H-pyrrole nitrogens is 1. The quantitative estimate of drug-likeness (QED) is 0.545. The first-order chi connectivity index (χ1) is 9.06. The summed E-state index contributed by atoms with van der Waals surface area (Å²) in [6.07, 6.45) is 0. The van der Waals surface area contributed by atoms with Crippen LogP contribution < -0.4 is 0 Å². The molecule has 0 saturated heterocycles. The summed E-state index contributed by atoms with van der Waals surface area (Å²) in [5.74, 6) is -0.325. The number of rotatable bonds is 1. The van der Waals surface area contributed by atoms with Gasteiger partial charge < -0.3 is 4.98 Å². The van der Waals surface area contributed by atoms with Gasteiger partial charge in [0.2, 0.25) is 0 Å². The normalized spacial score (nSPS) is 11.1. The van der Waals surface area contributed by atoms with Gasteiger partial charge in [0, 0.05) is 8.95 Å². The predicted molar refractivity (Wildman–Crippen MR) is 83.8 cm³/mol. The van der Waals surface area contributed by atoms with E-state index >= 15 is 0 Å². The zero-order valence-electron chi connectivity index (χ0n) is 9.45. The molecule has 6 heteroatoms. The average Bonchev–Trinajstić information content (AvgIpc) is 2.65. The third-order valence-electron chi connectivity index (χ3n) is 2.79. The van der Waals surface area contributed by atoms with Gasteiger partial charge in [0.25, 0.3) is 0 Å². The Morgan fingerprint density at radius 1 is 1.05 bits per heavy atom. The van der Waals surface area contributed by atoms with E-state index in [4.69, 9.17) is 12.2 Å². The van der Waals surface area contributed by atoms with Crippen LogP contribution in [0.2, 0.25) is 0 Å². The van der Waals surface area contributed by atoms with Gasteiger partial charge in [-0.2, -0.15) is 0 Å². The summed E-state index contributed by atoms with van der Waals surface area (Å²) in [6, 6.07) is 10.6. The summed E-state index contributed by atoms with van der Waals surface area (Å²) in [5, 5.41) is 0. The van der Waals surface area contributed by atoms with Crippen molar-refractivity contribution in [1.82, 2.24) is 9.55 Å². The summed E-state index contributed by atoms with van der Waals surface area (Å²) in [4.78, 5) is 3.08. The molecule has 0 radical (unpaired) electrons. The fraction of sp³-hybridized carbons (Fsp3) is 0. The van der Waals surface area contributed by atoms with E-state index in [0.29, 0.717) is 14.9 Å². The zero-order chi connectivity index (χ0) is 13.6. The minimum atomic E-state index is -0.325. The van der Waals surface area contributed by atoms with Crippen LogP contribution in [0.5, 0.6) is 0 Å². The third-order valence-corrected chi connectivity index (χ3v) is 4.07. The Labute approximate surface area is 130 Å². The van der Waals surface area contributed by atoms with Gasteiger partial charge in [-0.25, -0.2) is 4.39 Å². The molecule has 2 nitrogen and oxygen atoms in total. The minimum absolute atomic E-state index is 0.325. The van der Waals surface area contributed by atoms with E-state index in [2.05, 4.69) is 36.8 Å². The van der Waals surface area contributed by atoms with E-state index in [1.165, 1.54) is 6.07 Å². The lowest BCUT2D eigenvalue weighted by atomic mass is 10.2. The Bertz CT molecular complexity index is 838. The van der Waals surface area contributed by atoms with Crippen LogP contribution in [0.4, 0.5) is 4.39 Å². The van der Waals surface area contributed by atoms with Gasteiger partial charge in [-0.15, -0.1) is 0 Å². The molecule has 0 bridgehead atoms. The largest absolute Gasteiger partial charge is 0.330 e. The van der Waals surface area contributed by atoms with Gasteiger partial charge in [0.15, 0.2) is 4.77 Å². The summed E-state index contributed by atoms with van der Waals surface area (Å²) in [7, 11) is 0. The van der Waals surface area contributed by atoms with Crippen LogP contribution in [-0.4, -0.2) is 9.55 Å². The number of nitrogens with zero attached hydrogens (tertiary/aromatic N) is 1. The Kier molecular flexibility index (Phi) is 3.32. The number of imidazole rings is 1. The molecule has 2 aromatic carbocycles. The monoisotopic (exact) mass is 400 g/mol. The van der Waals surface area contributed by atoms with Crippen LogP contribution in [0.3, 0.4) is 0 Å². The second kappa shape index (κ2) is 4.85. The highest BCUT2D eigenvalue weighted by Crippen LogP contribution is 2.25. The first-order valence-electron chi connectivity index (χ1n) is 5.42. The average molecular weight is 402 g/mol. The molecule has 19 heavy (non-hydrogen) atoms. The van der Waals surface area contributed by atoms with Gasteiger partial charge >= 0.3 is 0 Å². The van der Waals surface area contributed by atoms with Crippen LogP contribution in [0.1, 0.15) is 0 Å². The van der Waals surface area contributed by atoms with E-state index in [0.717, 1.165) is 15.5 Å². The molecular weight excluding hydrogens is 395 g/mol. The Balaban J connectivity index is 2.36. The summed E-state index contributed by atoms with van der Waals surface area (Å²) >= 11 is 11.9. The van der Waals surface area contributed by atoms with Crippen molar-refractivity contribution in [2.24, 2.45) is 0 Å². The van der Waals surface area contributed by atoms with E-state index in [1.807, 2.05) is 18.2 Å². The Morgan fingerprint density at radius 2 is 1.74 bits per heavy atom. The van der Waals surface area contributed by atoms with Crippen LogP contribution in [0.15, 0.2) is 45.3 Å². The van der Waals surface area contributed by atoms with E-state index in [1.54, 1.807) is 16.7 Å². The molecule has 0 aliphatic rings. The highest BCUT2D eigenvalue weighted by atomic mass is 79.9. The molecule has 3 rings (SSSR count). The highest BCUT2D eigenvalue weighted by Gasteiger charge is 2.11. The first-order valence-corrected chi connectivity index (χ1v) is 7.41. The van der Waals surface area contributed by atoms with Crippen LogP contribution in [-0.2, 0) is 0 Å². The summed E-state index contributed by atoms with van der Waals surface area (Å²) in [6.45, 7) is 0. The minimum Gasteiger partial charge on any atom is -0.330 e. The maximum Gasteiger partial charge on any atom is 0.182 e. The standard InChI is InChI=1S/C13H7Br2FN2S/c14-7-1-3-11(9(16)5-7)18-12-4-2-8(15)6-10(12)17-13(18)19/h1-6H,(H,17,19). The SMILES string of the molecule is Fc1cc(Br)ccc1-n1c(=S)[nH]c2cc(Br)ccc21. The molecule has 0 amide bonds. The lowest BCUT2D eigenvalue weighted by molar-refractivity contribution is 0.618. The molecule has 0 saturated carbocycles. The lowest BCUT2D eigenvalue weighted by Crippen LogP contribution is -1.97. The van der Waals surface area contributed by atoms with Crippen molar-refractivity contribution in [3.8, 4) is 5.69 Å². The van der Waals surface area contributed by atoms with E-state index in [9.17, 15) is 4.39 Å². The molecule has 1 aromatic heterocycles. The first kappa shape index (κ1) is 13.0. The zero-order valence-corrected chi connectivity index (χ0v) is 13.4. The molecule has 1 heterocycles. The Hall–Kier alpha value is -0.980. The fourth-order valence-corrected chi connectivity index (χ4v) is 2.99. The van der Waals surface area contributed by atoms with E-state index in [-0.39, 0.29) is 5.82 Å². The summed E-state index contributed by atoms with van der Waals surface area (Å²) < 4.78 is 17.9. The van der Waals surface area contributed by atoms with Crippen molar-refractivity contribution in [2.75, 3.05) is 0 Å². The van der Waals surface area contributed by atoms with Crippen LogP contribution >= 0.6 is 44.1 Å². The second-order valence-corrected chi connectivity index (χ2v) is 6.24. The number of halogens is 3. The molecule has 0 aliphatic heterocycles. The van der Waals surface area contributed by atoms with Crippen molar-refractivity contribution in [1.29, 1.82) is 0 Å². The van der Waals surface area contributed by atoms with Gasteiger partial charge in [0.05, 0.1) is 16.7 Å². The molecule has 0 aliphatic carbocycles. The van der Waals surface area contributed by atoms with Gasteiger partial charge in [-0.05, 0) is 48.6 Å². The van der Waals surface area contributed by atoms with Crippen molar-refractivity contribution in [2.45, 2.75) is 0 Å². The smallest absolute Gasteiger partial charge is 0.182 e. The highest BCUT2D eigenvalue weighted by molar-refractivity contribution is 9.10. The van der Waals surface area contributed by atoms with Gasteiger partial charge in [0.1, 0.15) is 5.82 Å². The number of benzene rings is 2. The van der Waals surface area contributed by atoms with Crippen LogP contribution in [0, 0.1) is 10.6 Å². The predicted octanol–water partition coefficient (Wildman–Crippen LogP) is 5.35. The van der Waals surface area contributed by atoms with Crippen molar-refractivity contribution in [3.05, 3.63) is 55.9 Å². The van der Waals surface area contributed by atoms with Crippen molar-refractivity contribution < 1.29 is 4.39 Å². The number of aromatic amines is 1. The Morgan fingerprint density at radius 3 is 2.47 bits per heavy atom. The van der Waals surface area contributed by atoms with Crippen LogP contribution in [0.25, 0.3) is 16.7 Å². The maximum absolute atomic E-state index is 14.1. The number of nitrogens with one attached hydrogen (secondary N) is 1. The number of aromatic nitrogens is 2. The third kappa shape index (κ3) is 2.28. The second-order valence-electron chi connectivity index (χ2n) is 4.02. The number of fused-ring (bicyclic) bond motifs is 1. The number of hydrogen-bond donors (Lipinski definition) is 1. The van der Waals surface area contributed by atoms with E-state index < -0.39 is 0 Å². The fourth-order valence-electron chi connectivity index (χ4n) is 1.99. The molecule has 0 unspecified atom stereocenters. The molecular formula is C13H7Br2FN2S. The molecule has 0 atom stereocenters. The topological polar surface area (TPSA) is 20.7 Å². The lowest BCUT2D eigenvalue weighted by Gasteiger charge is -2.06. The van der Waals surface area contributed by atoms with Crippen molar-refractivity contribution in [3.63, 3.8) is 0 Å².